The molecular weight excluding hydrogens is 875 g/mol. The second-order valence-corrected chi connectivity index (χ2v) is 19.1. The summed E-state index contributed by atoms with van der Waals surface area (Å²) in [6.45, 7) is 0. The van der Waals surface area contributed by atoms with E-state index in [2.05, 4.69) is 254 Å². The topological polar surface area (TPSA) is 25.6 Å². The van der Waals surface area contributed by atoms with Crippen LogP contribution >= 0.6 is 0 Å². The fourth-order valence-electron chi connectivity index (χ4n) is 12.1. The van der Waals surface area contributed by atoms with Gasteiger partial charge >= 0.3 is 0 Å². The summed E-state index contributed by atoms with van der Waals surface area (Å²) in [5.41, 5.74) is 18.7. The number of rotatable bonds is 6. The average molecular weight is 918 g/mol. The maximum Gasteiger partial charge on any atom is 0.140 e. The molecule has 0 saturated carbocycles. The van der Waals surface area contributed by atoms with E-state index in [1.54, 1.807) is 0 Å². The van der Waals surface area contributed by atoms with Gasteiger partial charge in [-0.3, -0.25) is 0 Å². The summed E-state index contributed by atoms with van der Waals surface area (Å²) >= 11 is 0. The number of anilines is 3. The summed E-state index contributed by atoms with van der Waals surface area (Å²) in [7, 11) is 0. The first kappa shape index (κ1) is 40.4. The predicted octanol–water partition coefficient (Wildman–Crippen LogP) is 18.8. The highest BCUT2D eigenvalue weighted by atomic mass is 16.5. The summed E-state index contributed by atoms with van der Waals surface area (Å²) in [5, 5.41) is 6.81. The number of hydrogen-bond acceptors (Lipinski definition) is 3. The monoisotopic (exact) mass is 917 g/mol. The first-order chi connectivity index (χ1) is 35.7. The summed E-state index contributed by atoms with van der Waals surface area (Å²) in [4.78, 5) is 2.39. The van der Waals surface area contributed by atoms with Crippen LogP contribution in [0.4, 0.5) is 17.1 Å². The lowest BCUT2D eigenvalue weighted by Crippen LogP contribution is -2.32. The first-order valence-electron chi connectivity index (χ1n) is 24.7. The van der Waals surface area contributed by atoms with Gasteiger partial charge in [0.25, 0.3) is 0 Å². The van der Waals surface area contributed by atoms with Crippen molar-refractivity contribution in [1.82, 2.24) is 0 Å². The highest BCUT2D eigenvalue weighted by Gasteiger charge is 2.52. The summed E-state index contributed by atoms with van der Waals surface area (Å²) in [6, 6.07) is 94.7. The van der Waals surface area contributed by atoms with E-state index in [1.807, 2.05) is 12.1 Å². The van der Waals surface area contributed by atoms with Crippen molar-refractivity contribution in [2.75, 3.05) is 4.90 Å². The minimum Gasteiger partial charge on any atom is -0.456 e. The van der Waals surface area contributed by atoms with Crippen LogP contribution in [0.1, 0.15) is 22.3 Å². The average Bonchev–Trinajstić information content (AvgIpc) is 3.97. The maximum absolute atomic E-state index is 7.23. The molecule has 1 aliphatic carbocycles. The zero-order valence-corrected chi connectivity index (χ0v) is 39.1. The van der Waals surface area contributed by atoms with Gasteiger partial charge in [0.05, 0.1) is 11.1 Å². The van der Waals surface area contributed by atoms with Gasteiger partial charge in [-0.05, 0) is 109 Å². The Balaban J connectivity index is 0.887. The third kappa shape index (κ3) is 5.92. The molecular formula is C69H43NO2. The second-order valence-electron chi connectivity index (χ2n) is 19.1. The Morgan fingerprint density at radius 2 is 0.833 bits per heavy atom. The van der Waals surface area contributed by atoms with Crippen molar-refractivity contribution in [1.29, 1.82) is 0 Å². The summed E-state index contributed by atoms with van der Waals surface area (Å²) < 4.78 is 13.5. The fraction of sp³-hybridized carbons (Fsp3) is 0.0145. The molecule has 336 valence electrons. The molecule has 3 heteroatoms. The number of hydrogen-bond donors (Lipinski definition) is 0. The van der Waals surface area contributed by atoms with Gasteiger partial charge in [0.15, 0.2) is 0 Å². The smallest absolute Gasteiger partial charge is 0.140 e. The van der Waals surface area contributed by atoms with Gasteiger partial charge in [-0.1, -0.05) is 212 Å². The lowest BCUT2D eigenvalue weighted by Gasteiger charge is -2.40. The molecule has 3 nitrogen and oxygen atoms in total. The van der Waals surface area contributed by atoms with E-state index in [0.717, 1.165) is 111 Å². The molecule has 72 heavy (non-hydrogen) atoms. The van der Waals surface area contributed by atoms with Crippen LogP contribution in [0.2, 0.25) is 0 Å². The lowest BCUT2D eigenvalue weighted by molar-refractivity contribution is 0.447. The molecule has 0 unspecified atom stereocenters. The first-order valence-corrected chi connectivity index (χ1v) is 24.7. The van der Waals surface area contributed by atoms with E-state index in [1.165, 1.54) is 27.8 Å². The SMILES string of the molecule is c1ccc(-c2ccccc2N(c2ccc(-c3ccc4c(c3)oc3ccccc34)cc2)c2ccc(-c3cccc4c3-c3ccccc3C43c4ccc5ccccc5c4Oc4c3ccc3ccccc43)cc2)cc1. The number of ether oxygens (including phenoxy) is 1. The van der Waals surface area contributed by atoms with E-state index in [0.29, 0.717) is 0 Å². The van der Waals surface area contributed by atoms with Gasteiger partial charge in [-0.15, -0.1) is 0 Å². The molecule has 13 aromatic rings. The molecule has 0 atom stereocenters. The van der Waals surface area contributed by atoms with Crippen molar-refractivity contribution in [2.45, 2.75) is 5.41 Å². The quantitative estimate of drug-likeness (QED) is 0.166. The third-order valence-electron chi connectivity index (χ3n) is 15.3. The highest BCUT2D eigenvalue weighted by Crippen LogP contribution is 2.65. The molecule has 15 rings (SSSR count). The fourth-order valence-corrected chi connectivity index (χ4v) is 12.1. The van der Waals surface area contributed by atoms with Crippen LogP contribution in [0.25, 0.3) is 88.0 Å². The van der Waals surface area contributed by atoms with Gasteiger partial charge in [0.1, 0.15) is 22.7 Å². The Kier molecular flexibility index (Phi) is 8.87. The minimum atomic E-state index is -0.624. The molecule has 1 aliphatic heterocycles. The largest absolute Gasteiger partial charge is 0.456 e. The molecule has 0 bridgehead atoms. The van der Waals surface area contributed by atoms with E-state index < -0.39 is 5.41 Å². The molecule has 2 aliphatic rings. The highest BCUT2D eigenvalue weighted by molar-refractivity contribution is 6.06. The number of benzene rings is 12. The Morgan fingerprint density at radius 1 is 0.306 bits per heavy atom. The van der Waals surface area contributed by atoms with Gasteiger partial charge in [-0.2, -0.15) is 0 Å². The van der Waals surface area contributed by atoms with Gasteiger partial charge < -0.3 is 14.1 Å². The van der Waals surface area contributed by atoms with Crippen molar-refractivity contribution in [3.05, 3.63) is 283 Å². The van der Waals surface area contributed by atoms with E-state index in [9.17, 15) is 0 Å². The Morgan fingerprint density at radius 3 is 1.56 bits per heavy atom. The molecule has 0 saturated heterocycles. The molecule has 0 N–H and O–H groups in total. The van der Waals surface area contributed by atoms with Crippen LogP contribution in [0.3, 0.4) is 0 Å². The standard InChI is InChI=1S/C69H43NO2/c1-2-15-45(16-3-1)52-19-9-12-27-63(52)70(50-36-29-44(30-37-50)49-33-40-57-56-22-10-13-28-64(56)71-65(57)43-49)51-38-31-48(32-39-51)53-24-14-26-60-66(53)58-23-8-11-25-59(58)69(60)61-41-34-46-17-4-6-20-54(46)67(61)72-68-55-21-7-5-18-47(55)35-42-62(68)69/h1-43H. The van der Waals surface area contributed by atoms with Crippen molar-refractivity contribution >= 4 is 60.5 Å². The second kappa shape index (κ2) is 15.8. The number of para-hydroxylation sites is 2. The van der Waals surface area contributed by atoms with Crippen molar-refractivity contribution in [3.63, 3.8) is 0 Å². The Hall–Kier alpha value is -9.44. The van der Waals surface area contributed by atoms with Crippen molar-refractivity contribution in [3.8, 4) is 56.0 Å². The summed E-state index contributed by atoms with van der Waals surface area (Å²) in [5.74, 6) is 1.84. The van der Waals surface area contributed by atoms with Crippen LogP contribution in [0.5, 0.6) is 11.5 Å². The zero-order chi connectivity index (χ0) is 47.3. The Labute approximate surface area is 417 Å². The molecule has 1 spiro atoms. The molecule has 0 radical (unpaired) electrons. The normalized spacial score (nSPS) is 12.9. The van der Waals surface area contributed by atoms with E-state index in [-0.39, 0.29) is 0 Å². The van der Waals surface area contributed by atoms with Gasteiger partial charge in [-0.25, -0.2) is 0 Å². The molecule has 1 aromatic heterocycles. The molecule has 0 amide bonds. The third-order valence-corrected chi connectivity index (χ3v) is 15.3. The van der Waals surface area contributed by atoms with Crippen LogP contribution in [-0.4, -0.2) is 0 Å². The van der Waals surface area contributed by atoms with E-state index in [4.69, 9.17) is 9.15 Å². The van der Waals surface area contributed by atoms with Crippen LogP contribution in [0.15, 0.2) is 265 Å². The van der Waals surface area contributed by atoms with Gasteiger partial charge in [0.2, 0.25) is 0 Å². The lowest BCUT2D eigenvalue weighted by atomic mass is 9.65. The molecule has 12 aromatic carbocycles. The Bertz CT molecular complexity index is 4220. The molecule has 0 fully saturated rings. The van der Waals surface area contributed by atoms with Crippen LogP contribution in [0, 0.1) is 0 Å². The van der Waals surface area contributed by atoms with Gasteiger partial charge in [0, 0.05) is 49.6 Å². The minimum absolute atomic E-state index is 0.624. The van der Waals surface area contributed by atoms with Crippen molar-refractivity contribution in [2.24, 2.45) is 0 Å². The number of fused-ring (bicyclic) bond motifs is 16. The number of nitrogens with zero attached hydrogens (tertiary/aromatic N) is 1. The van der Waals surface area contributed by atoms with E-state index >= 15 is 0 Å². The zero-order valence-electron chi connectivity index (χ0n) is 39.1. The predicted molar refractivity (Wildman–Crippen MR) is 297 cm³/mol. The summed E-state index contributed by atoms with van der Waals surface area (Å²) in [6.07, 6.45) is 0. The maximum atomic E-state index is 7.23. The van der Waals surface area contributed by atoms with Crippen LogP contribution in [-0.2, 0) is 5.41 Å². The van der Waals surface area contributed by atoms with Crippen molar-refractivity contribution < 1.29 is 9.15 Å². The molecule has 2 heterocycles. The van der Waals surface area contributed by atoms with Crippen LogP contribution < -0.4 is 9.64 Å². The number of furan rings is 1.